The highest BCUT2D eigenvalue weighted by atomic mass is 16.6. The van der Waals surface area contributed by atoms with Crippen molar-refractivity contribution in [1.82, 2.24) is 0 Å². The lowest BCUT2D eigenvalue weighted by Gasteiger charge is -2.14. The molecule has 0 unspecified atom stereocenters. The van der Waals surface area contributed by atoms with Crippen molar-refractivity contribution in [3.63, 3.8) is 0 Å². The molecule has 0 spiro atoms. The maximum absolute atomic E-state index is 12.3. The number of carbonyl (C=O) groups excluding carboxylic acids is 2. The second-order valence-corrected chi connectivity index (χ2v) is 9.75. The molecule has 1 aromatic carbocycles. The topological polar surface area (TPSA) is 61.8 Å². The minimum Gasteiger partial charge on any atom is -0.493 e. The van der Waals surface area contributed by atoms with Gasteiger partial charge in [0.1, 0.15) is 5.75 Å². The number of carbonyl (C=O) groups is 2. The number of benzene rings is 1. The molecule has 0 amide bonds. The molecular weight excluding hydrogens is 416 g/mol. The fourth-order valence-electron chi connectivity index (χ4n) is 3.33. The zero-order valence-corrected chi connectivity index (χ0v) is 21.6. The highest BCUT2D eigenvalue weighted by molar-refractivity contribution is 5.76. The third-order valence-electron chi connectivity index (χ3n) is 5.48. The molecule has 0 atom stereocenters. The van der Waals surface area contributed by atoms with Crippen LogP contribution in [0.1, 0.15) is 112 Å². The van der Waals surface area contributed by atoms with Crippen molar-refractivity contribution in [2.75, 3.05) is 6.61 Å². The third kappa shape index (κ3) is 14.7. The van der Waals surface area contributed by atoms with E-state index in [1.165, 1.54) is 38.5 Å². The molecule has 33 heavy (non-hydrogen) atoms. The zero-order valence-electron chi connectivity index (χ0n) is 21.6. The molecule has 0 aliphatic rings. The molecule has 0 fully saturated rings. The van der Waals surface area contributed by atoms with Gasteiger partial charge < -0.3 is 14.2 Å². The Labute approximate surface area is 201 Å². The first-order chi connectivity index (χ1) is 15.8. The molecule has 0 saturated heterocycles. The van der Waals surface area contributed by atoms with Crippen molar-refractivity contribution in [3.05, 3.63) is 18.2 Å². The minimum absolute atomic E-state index is 0.245. The van der Waals surface area contributed by atoms with E-state index >= 15 is 0 Å². The number of hydrogen-bond donors (Lipinski definition) is 0. The van der Waals surface area contributed by atoms with E-state index in [1.54, 1.807) is 18.2 Å². The van der Waals surface area contributed by atoms with Gasteiger partial charge in [-0.3, -0.25) is 9.59 Å². The fourth-order valence-corrected chi connectivity index (χ4v) is 3.33. The van der Waals surface area contributed by atoms with Crippen molar-refractivity contribution in [2.24, 2.45) is 11.8 Å². The Balaban J connectivity index is 2.62. The van der Waals surface area contributed by atoms with E-state index in [1.807, 2.05) is 0 Å². The maximum Gasteiger partial charge on any atom is 0.311 e. The Kier molecular flexibility index (Phi) is 15.3. The maximum atomic E-state index is 12.3. The van der Waals surface area contributed by atoms with Gasteiger partial charge in [-0.25, -0.2) is 0 Å². The summed E-state index contributed by atoms with van der Waals surface area (Å²) in [5.41, 5.74) is 0. The van der Waals surface area contributed by atoms with Gasteiger partial charge in [-0.2, -0.15) is 0 Å². The van der Waals surface area contributed by atoms with E-state index in [9.17, 15) is 9.59 Å². The van der Waals surface area contributed by atoms with Gasteiger partial charge in [0, 0.05) is 18.9 Å². The van der Waals surface area contributed by atoms with Gasteiger partial charge in [0.2, 0.25) is 0 Å². The predicted molar refractivity (Wildman–Crippen MR) is 134 cm³/mol. The SMILES string of the molecule is CCCCCCCCCCOc1ccc(OC(=O)CCC(C)C)c(OC(=O)CCC(C)C)c1. The molecule has 5 nitrogen and oxygen atoms in total. The van der Waals surface area contributed by atoms with Crippen molar-refractivity contribution >= 4 is 11.9 Å². The molecule has 188 valence electrons. The van der Waals surface area contributed by atoms with Crippen LogP contribution in [0.25, 0.3) is 0 Å². The monoisotopic (exact) mass is 462 g/mol. The summed E-state index contributed by atoms with van der Waals surface area (Å²) in [6, 6.07) is 5.08. The second-order valence-electron chi connectivity index (χ2n) is 9.75. The highest BCUT2D eigenvalue weighted by Gasteiger charge is 2.16. The van der Waals surface area contributed by atoms with E-state index in [2.05, 4.69) is 34.6 Å². The molecular formula is C28H46O5. The van der Waals surface area contributed by atoms with Crippen LogP contribution in [0.4, 0.5) is 0 Å². The zero-order chi connectivity index (χ0) is 24.5. The average Bonchev–Trinajstić information content (AvgIpc) is 2.76. The summed E-state index contributed by atoms with van der Waals surface area (Å²) < 4.78 is 16.9. The van der Waals surface area contributed by atoms with E-state index in [4.69, 9.17) is 14.2 Å². The Morgan fingerprint density at radius 2 is 1.24 bits per heavy atom. The third-order valence-corrected chi connectivity index (χ3v) is 5.48. The molecule has 0 aliphatic carbocycles. The molecule has 1 rings (SSSR count). The quantitative estimate of drug-likeness (QED) is 0.126. The fraction of sp³-hybridized carbons (Fsp3) is 0.714. The van der Waals surface area contributed by atoms with Crippen LogP contribution < -0.4 is 14.2 Å². The van der Waals surface area contributed by atoms with Gasteiger partial charge in [-0.1, -0.05) is 79.6 Å². The van der Waals surface area contributed by atoms with Crippen LogP contribution in [-0.2, 0) is 9.59 Å². The van der Waals surface area contributed by atoms with Crippen LogP contribution in [0.5, 0.6) is 17.2 Å². The Morgan fingerprint density at radius 3 is 1.79 bits per heavy atom. The molecule has 0 N–H and O–H groups in total. The van der Waals surface area contributed by atoms with Crippen LogP contribution >= 0.6 is 0 Å². The summed E-state index contributed by atoms with van der Waals surface area (Å²) in [6.07, 6.45) is 12.1. The van der Waals surface area contributed by atoms with E-state index < -0.39 is 0 Å². The first-order valence-corrected chi connectivity index (χ1v) is 13.0. The van der Waals surface area contributed by atoms with Gasteiger partial charge in [-0.15, -0.1) is 0 Å². The predicted octanol–water partition coefficient (Wildman–Crippen LogP) is 7.89. The molecule has 0 saturated carbocycles. The highest BCUT2D eigenvalue weighted by Crippen LogP contribution is 2.33. The normalized spacial score (nSPS) is 11.1. The smallest absolute Gasteiger partial charge is 0.311 e. The Bertz CT molecular complexity index is 681. The number of ether oxygens (including phenoxy) is 3. The molecule has 1 aromatic rings. The van der Waals surface area contributed by atoms with Crippen LogP contribution in [0, 0.1) is 11.8 Å². The van der Waals surface area contributed by atoms with Gasteiger partial charge in [-0.05, 0) is 43.2 Å². The average molecular weight is 463 g/mol. The van der Waals surface area contributed by atoms with Gasteiger partial charge in [0.05, 0.1) is 6.61 Å². The van der Waals surface area contributed by atoms with Gasteiger partial charge >= 0.3 is 11.9 Å². The second kappa shape index (κ2) is 17.4. The first-order valence-electron chi connectivity index (χ1n) is 13.0. The lowest BCUT2D eigenvalue weighted by Crippen LogP contribution is -2.13. The summed E-state index contributed by atoms with van der Waals surface area (Å²) in [7, 11) is 0. The number of hydrogen-bond acceptors (Lipinski definition) is 5. The lowest BCUT2D eigenvalue weighted by atomic mass is 10.1. The summed E-state index contributed by atoms with van der Waals surface area (Å²) in [6.45, 7) is 11.1. The van der Waals surface area contributed by atoms with Gasteiger partial charge in [0.15, 0.2) is 11.5 Å². The number of esters is 2. The summed E-state index contributed by atoms with van der Waals surface area (Å²) >= 11 is 0. The summed E-state index contributed by atoms with van der Waals surface area (Å²) in [4.78, 5) is 24.5. The molecule has 0 aromatic heterocycles. The van der Waals surface area contributed by atoms with E-state index in [0.29, 0.717) is 37.0 Å². The first kappa shape index (κ1) is 29.0. The van der Waals surface area contributed by atoms with E-state index in [0.717, 1.165) is 25.7 Å². The summed E-state index contributed by atoms with van der Waals surface area (Å²) in [5, 5.41) is 0. The number of rotatable bonds is 18. The Hall–Kier alpha value is -2.04. The van der Waals surface area contributed by atoms with Crippen LogP contribution in [0.15, 0.2) is 18.2 Å². The lowest BCUT2D eigenvalue weighted by molar-refractivity contribution is -0.137. The van der Waals surface area contributed by atoms with Crippen molar-refractivity contribution in [3.8, 4) is 17.2 Å². The number of unbranched alkanes of at least 4 members (excludes halogenated alkanes) is 7. The standard InChI is InChI=1S/C28H46O5/c1-6-7-8-9-10-11-12-13-20-31-24-16-17-25(32-27(29)18-14-22(2)3)26(21-24)33-28(30)19-15-23(4)5/h16-17,21-23H,6-15,18-20H2,1-5H3. The van der Waals surface area contributed by atoms with E-state index in [-0.39, 0.29) is 23.4 Å². The minimum atomic E-state index is -0.330. The largest absolute Gasteiger partial charge is 0.493 e. The molecule has 0 radical (unpaired) electrons. The van der Waals surface area contributed by atoms with Crippen LogP contribution in [-0.4, -0.2) is 18.5 Å². The Morgan fingerprint density at radius 1 is 0.727 bits per heavy atom. The molecule has 0 bridgehead atoms. The van der Waals surface area contributed by atoms with Gasteiger partial charge in [0.25, 0.3) is 0 Å². The summed E-state index contributed by atoms with van der Waals surface area (Å²) in [5.74, 6) is 1.30. The van der Waals surface area contributed by atoms with Crippen molar-refractivity contribution in [2.45, 2.75) is 112 Å². The van der Waals surface area contributed by atoms with Crippen LogP contribution in [0.3, 0.4) is 0 Å². The molecule has 5 heteroatoms. The van der Waals surface area contributed by atoms with Crippen molar-refractivity contribution < 1.29 is 23.8 Å². The molecule has 0 aliphatic heterocycles. The van der Waals surface area contributed by atoms with Crippen molar-refractivity contribution in [1.29, 1.82) is 0 Å². The van der Waals surface area contributed by atoms with Crippen LogP contribution in [0.2, 0.25) is 0 Å². The molecule has 0 heterocycles.